The average molecular weight is 220 g/mol. The van der Waals surface area contributed by atoms with Gasteiger partial charge in [0, 0.05) is 20.1 Å². The Hall–Kier alpha value is -2.03. The van der Waals surface area contributed by atoms with Gasteiger partial charge in [-0.1, -0.05) is 5.92 Å². The maximum absolute atomic E-state index is 11.5. The zero-order valence-corrected chi connectivity index (χ0v) is 9.23. The number of aryl methyl sites for hydroxylation is 1. The summed E-state index contributed by atoms with van der Waals surface area (Å²) in [7, 11) is 1.60. The monoisotopic (exact) mass is 220 g/mol. The number of nitrogens with zero attached hydrogens (tertiary/aromatic N) is 4. The van der Waals surface area contributed by atoms with Crippen molar-refractivity contribution in [2.24, 2.45) is 7.05 Å². The molecule has 6 nitrogen and oxygen atoms in total. The van der Waals surface area contributed by atoms with E-state index >= 15 is 0 Å². The van der Waals surface area contributed by atoms with Gasteiger partial charge in [0.1, 0.15) is 0 Å². The van der Waals surface area contributed by atoms with E-state index in [0.29, 0.717) is 25.5 Å². The van der Waals surface area contributed by atoms with Crippen LogP contribution in [0.3, 0.4) is 0 Å². The summed E-state index contributed by atoms with van der Waals surface area (Å²) in [6, 6.07) is 0. The van der Waals surface area contributed by atoms with Crippen LogP contribution in [-0.2, 0) is 24.9 Å². The zero-order chi connectivity index (χ0) is 11.7. The van der Waals surface area contributed by atoms with Crippen LogP contribution in [0.1, 0.15) is 12.7 Å². The van der Waals surface area contributed by atoms with Gasteiger partial charge in [-0.2, -0.15) is 5.10 Å². The first-order chi connectivity index (χ1) is 7.63. The minimum atomic E-state index is -0.216. The molecule has 2 rings (SSSR count). The minimum absolute atomic E-state index is 0.135. The molecule has 1 amide bonds. The van der Waals surface area contributed by atoms with Crippen molar-refractivity contribution in [3.63, 3.8) is 0 Å². The van der Waals surface area contributed by atoms with E-state index in [-0.39, 0.29) is 11.6 Å². The molecule has 0 fully saturated rings. The first-order valence-electron chi connectivity index (χ1n) is 4.98. The van der Waals surface area contributed by atoms with Crippen LogP contribution >= 0.6 is 0 Å². The standard InChI is InChI=1S/C10H12N4O2/c1-3-4-9(15)13-5-6-14-8(7-13)11-12(2)10(14)16/h5-7H2,1-2H3. The molecule has 0 N–H and O–H groups in total. The van der Waals surface area contributed by atoms with E-state index in [2.05, 4.69) is 16.9 Å². The van der Waals surface area contributed by atoms with Crippen molar-refractivity contribution in [3.8, 4) is 11.8 Å². The maximum atomic E-state index is 11.5. The van der Waals surface area contributed by atoms with Gasteiger partial charge in [0.05, 0.1) is 6.54 Å². The van der Waals surface area contributed by atoms with E-state index in [1.165, 1.54) is 4.68 Å². The zero-order valence-electron chi connectivity index (χ0n) is 9.23. The molecule has 6 heteroatoms. The third-order valence-electron chi connectivity index (χ3n) is 2.53. The Morgan fingerprint density at radius 1 is 1.44 bits per heavy atom. The number of amides is 1. The number of fused-ring (bicyclic) bond motifs is 1. The Kier molecular flexibility index (Phi) is 2.52. The molecule has 0 atom stereocenters. The van der Waals surface area contributed by atoms with Gasteiger partial charge >= 0.3 is 5.69 Å². The van der Waals surface area contributed by atoms with E-state index in [1.807, 2.05) is 0 Å². The largest absolute Gasteiger partial charge is 0.345 e. The molecule has 84 valence electrons. The summed E-state index contributed by atoms with van der Waals surface area (Å²) in [5.74, 6) is 5.45. The highest BCUT2D eigenvalue weighted by molar-refractivity contribution is 5.93. The van der Waals surface area contributed by atoms with E-state index in [0.717, 1.165) is 0 Å². The first kappa shape index (κ1) is 10.5. The second-order valence-corrected chi connectivity index (χ2v) is 3.58. The molecule has 16 heavy (non-hydrogen) atoms. The summed E-state index contributed by atoms with van der Waals surface area (Å²) in [6.45, 7) is 2.97. The number of carbonyl (C=O) groups is 1. The lowest BCUT2D eigenvalue weighted by Crippen LogP contribution is -2.40. The molecular formula is C10H12N4O2. The lowest BCUT2D eigenvalue weighted by atomic mass is 10.3. The second kappa shape index (κ2) is 3.85. The molecule has 2 heterocycles. The van der Waals surface area contributed by atoms with Crippen LogP contribution in [0, 0.1) is 11.8 Å². The highest BCUT2D eigenvalue weighted by Gasteiger charge is 2.23. The smallest absolute Gasteiger partial charge is 0.323 e. The van der Waals surface area contributed by atoms with Gasteiger partial charge in [-0.25, -0.2) is 9.48 Å². The van der Waals surface area contributed by atoms with E-state index < -0.39 is 0 Å². The van der Waals surface area contributed by atoms with Crippen LogP contribution < -0.4 is 5.69 Å². The third-order valence-corrected chi connectivity index (χ3v) is 2.53. The molecule has 0 unspecified atom stereocenters. The van der Waals surface area contributed by atoms with Crippen molar-refractivity contribution >= 4 is 5.91 Å². The maximum Gasteiger partial charge on any atom is 0.345 e. The highest BCUT2D eigenvalue weighted by Crippen LogP contribution is 2.07. The number of hydrogen-bond acceptors (Lipinski definition) is 3. The number of rotatable bonds is 0. The fourth-order valence-corrected chi connectivity index (χ4v) is 1.73. The highest BCUT2D eigenvalue weighted by atomic mass is 16.2. The van der Waals surface area contributed by atoms with Crippen LogP contribution in [0.4, 0.5) is 0 Å². The predicted molar refractivity (Wildman–Crippen MR) is 56.3 cm³/mol. The van der Waals surface area contributed by atoms with Gasteiger partial charge in [-0.05, 0) is 12.8 Å². The molecule has 0 aromatic carbocycles. The summed E-state index contributed by atoms with van der Waals surface area (Å²) in [6.07, 6.45) is 0. The van der Waals surface area contributed by atoms with Crippen molar-refractivity contribution in [2.45, 2.75) is 20.0 Å². The Bertz CT molecular complexity index is 543. The average Bonchev–Trinajstić information content (AvgIpc) is 2.55. The fraction of sp³-hybridized carbons (Fsp3) is 0.500. The van der Waals surface area contributed by atoms with Crippen molar-refractivity contribution in [1.29, 1.82) is 0 Å². The Morgan fingerprint density at radius 3 is 2.88 bits per heavy atom. The Balaban J connectivity index is 2.27. The molecule has 0 saturated carbocycles. The van der Waals surface area contributed by atoms with E-state index in [1.54, 1.807) is 23.4 Å². The van der Waals surface area contributed by atoms with E-state index in [9.17, 15) is 9.59 Å². The van der Waals surface area contributed by atoms with Gasteiger partial charge in [0.25, 0.3) is 5.91 Å². The SMILES string of the molecule is CC#CC(=O)N1CCn2c(nn(C)c2=O)C1. The molecule has 0 saturated heterocycles. The van der Waals surface area contributed by atoms with E-state index in [4.69, 9.17) is 0 Å². The molecule has 0 bridgehead atoms. The molecule has 0 aliphatic carbocycles. The minimum Gasteiger partial charge on any atom is -0.323 e. The number of aromatic nitrogens is 3. The molecule has 0 spiro atoms. The summed E-state index contributed by atoms with van der Waals surface area (Å²) >= 11 is 0. The van der Waals surface area contributed by atoms with Gasteiger partial charge in [0.2, 0.25) is 0 Å². The molecule has 1 aromatic heterocycles. The van der Waals surface area contributed by atoms with Crippen molar-refractivity contribution in [1.82, 2.24) is 19.2 Å². The third kappa shape index (κ3) is 1.60. The van der Waals surface area contributed by atoms with Crippen molar-refractivity contribution in [3.05, 3.63) is 16.3 Å². The predicted octanol–water partition coefficient (Wildman–Crippen LogP) is -1.05. The molecule has 1 aliphatic heterocycles. The van der Waals surface area contributed by atoms with Crippen LogP contribution in [0.15, 0.2) is 4.79 Å². The lowest BCUT2D eigenvalue weighted by Gasteiger charge is -2.24. The van der Waals surface area contributed by atoms with Crippen LogP contribution in [0.5, 0.6) is 0 Å². The summed E-state index contributed by atoms with van der Waals surface area (Å²) in [5.41, 5.74) is -0.135. The van der Waals surface area contributed by atoms with Crippen LogP contribution in [0.2, 0.25) is 0 Å². The molecule has 0 radical (unpaired) electrons. The summed E-state index contributed by atoms with van der Waals surface area (Å²) in [5, 5.41) is 4.07. The second-order valence-electron chi connectivity index (χ2n) is 3.58. The van der Waals surface area contributed by atoms with Crippen molar-refractivity contribution < 1.29 is 4.79 Å². The van der Waals surface area contributed by atoms with Crippen LogP contribution in [0.25, 0.3) is 0 Å². The summed E-state index contributed by atoms with van der Waals surface area (Å²) in [4.78, 5) is 24.7. The first-order valence-corrected chi connectivity index (χ1v) is 4.98. The van der Waals surface area contributed by atoms with Gasteiger partial charge < -0.3 is 4.90 Å². The van der Waals surface area contributed by atoms with Crippen LogP contribution in [-0.4, -0.2) is 31.7 Å². The fourth-order valence-electron chi connectivity index (χ4n) is 1.73. The van der Waals surface area contributed by atoms with Gasteiger partial charge in [0.15, 0.2) is 5.82 Å². The Morgan fingerprint density at radius 2 is 2.19 bits per heavy atom. The van der Waals surface area contributed by atoms with Crippen molar-refractivity contribution in [2.75, 3.05) is 6.54 Å². The van der Waals surface area contributed by atoms with Gasteiger partial charge in [-0.3, -0.25) is 9.36 Å². The summed E-state index contributed by atoms with van der Waals surface area (Å²) < 4.78 is 2.87. The quantitative estimate of drug-likeness (QED) is 0.524. The normalized spacial score (nSPS) is 14.0. The lowest BCUT2D eigenvalue weighted by molar-refractivity contribution is -0.126. The van der Waals surface area contributed by atoms with Gasteiger partial charge in [-0.15, -0.1) is 0 Å². The number of carbonyl (C=O) groups excluding carboxylic acids is 1. The number of hydrogen-bond donors (Lipinski definition) is 0. The molecular weight excluding hydrogens is 208 g/mol. The molecule has 1 aromatic rings. The molecule has 1 aliphatic rings. The topological polar surface area (TPSA) is 60.1 Å². The Labute approximate surface area is 92.5 Å².